The van der Waals surface area contributed by atoms with Gasteiger partial charge in [-0.2, -0.15) is 11.1 Å². The van der Waals surface area contributed by atoms with Gasteiger partial charge in [0.1, 0.15) is 0 Å². The van der Waals surface area contributed by atoms with Crippen molar-refractivity contribution in [2.75, 3.05) is 0 Å². The largest absolute Gasteiger partial charge is 0.183 e. The molecule has 252 valence electrons. The molecule has 0 saturated heterocycles. The first kappa shape index (κ1) is 40.0. The van der Waals surface area contributed by atoms with E-state index in [4.69, 9.17) is 11.1 Å². The first-order valence-electron chi connectivity index (χ1n) is 9.85. The third kappa shape index (κ3) is 38.0. The van der Waals surface area contributed by atoms with Crippen LogP contribution in [0.5, 0.6) is 0 Å². The standard InChI is InChI=1S/H2N50/c1-3-5-7-9-11-13-15-17-19-21-23-25-27-29-31-33-35-37-39-41-43-45-47-49-50-48-46-44-42-40-38-36-34-32-30-28-26-24-22-20-18-16-14-12-10-8-6-4-2/h1-2H/b3-1?,4-2?,7-5+,8-6+,11-9+,12-10+,15-13+,16-14+,19-17+,20-18+,23-21+,24-22+,27-25+,28-26+,31-29+,32-30+,35-33+,36-34+,39-37+,40-38+,43-41+,44-42+,47-45+,48-46+,50-49+. The lowest BCUT2D eigenvalue weighted by Gasteiger charge is -1.70. The van der Waals surface area contributed by atoms with E-state index in [1.807, 2.05) is 0 Å². The van der Waals surface area contributed by atoms with Crippen LogP contribution in [0, 0.1) is 11.1 Å². The molecule has 2 N–H and O–H groups in total. The Labute approximate surface area is 262 Å². The van der Waals surface area contributed by atoms with Crippen LogP contribution in [0.1, 0.15) is 0 Å². The van der Waals surface area contributed by atoms with Crippen molar-refractivity contribution >= 4 is 0 Å². The van der Waals surface area contributed by atoms with E-state index >= 15 is 0 Å². The summed E-state index contributed by atoms with van der Waals surface area (Å²) in [5, 5.41) is 142. The predicted molar refractivity (Wildman–Crippen MR) is 122 cm³/mol. The van der Waals surface area contributed by atoms with Crippen LogP contribution < -0.4 is 0 Å². The summed E-state index contributed by atoms with van der Waals surface area (Å²) in [6.07, 6.45) is 0. The fraction of sp³-hybridized carbons (Fsp3) is 0. The summed E-state index contributed by atoms with van der Waals surface area (Å²) < 4.78 is 0. The molecular formula is H2N50. The molecule has 0 rings (SSSR count). The molecule has 0 atom stereocenters. The highest BCUT2D eigenvalue weighted by Crippen LogP contribution is 1.93. The van der Waals surface area contributed by atoms with Crippen LogP contribution >= 0.6 is 0 Å². The zero-order valence-corrected chi connectivity index (χ0v) is 22.5. The quantitative estimate of drug-likeness (QED) is 0.0700. The zero-order valence-electron chi connectivity index (χ0n) is 22.5. The Balaban J connectivity index is 4.05. The Morgan fingerprint density at radius 2 is 0.160 bits per heavy atom. The first-order valence-corrected chi connectivity index (χ1v) is 9.85. The maximum Gasteiger partial charge on any atom is 0 e. The molecule has 50 nitrogen and oxygen atoms in total. The van der Waals surface area contributed by atoms with Gasteiger partial charge in [0.15, 0.2) is 0 Å². The molecule has 0 fully saturated rings. The Bertz CT molecular complexity index is 1460. The lowest BCUT2D eigenvalue weighted by Crippen LogP contribution is -1.52. The third-order valence-corrected chi connectivity index (χ3v) is 1.89. The van der Waals surface area contributed by atoms with Gasteiger partial charge >= 0.3 is 0 Å². The summed E-state index contributed by atoms with van der Waals surface area (Å²) in [6.45, 7) is 0. The highest BCUT2D eigenvalue weighted by atomic mass is 15.8. The normalized spacial score (nSPS) is 15.1. The summed E-state index contributed by atoms with van der Waals surface area (Å²) in [4.78, 5) is 0. The maximum absolute atomic E-state index is 6.25. The fourth-order valence-electron chi connectivity index (χ4n) is 0.827. The monoisotopic (exact) mass is 702 g/mol. The van der Waals surface area contributed by atoms with E-state index in [1.54, 1.807) is 0 Å². The summed E-state index contributed by atoms with van der Waals surface area (Å²) >= 11 is 0. The summed E-state index contributed by atoms with van der Waals surface area (Å²) in [6, 6.07) is 0. The van der Waals surface area contributed by atoms with Gasteiger partial charge in [-0.3, -0.25) is 0 Å². The second-order valence-corrected chi connectivity index (χ2v) is 4.31. The molecule has 0 aliphatic carbocycles. The molecule has 0 saturated carbocycles. The van der Waals surface area contributed by atoms with Crippen LogP contribution in [0.2, 0.25) is 0 Å². The van der Waals surface area contributed by atoms with Crippen molar-refractivity contribution < 1.29 is 0 Å². The maximum atomic E-state index is 6.25. The Morgan fingerprint density at radius 1 is 0.100 bits per heavy atom. The molecular weight excluding hydrogens is 700 g/mol. The van der Waals surface area contributed by atoms with Crippen molar-refractivity contribution in [2.24, 2.45) is 251 Å². The molecule has 0 amide bonds. The molecule has 50 heteroatoms. The minimum Gasteiger partial charge on any atom is -0.183 e. The molecule has 0 radical (unpaired) electrons. The van der Waals surface area contributed by atoms with Crippen LogP contribution in [-0.4, -0.2) is 0 Å². The lowest BCUT2D eigenvalue weighted by molar-refractivity contribution is 0.725. The number of hydrogen-bond acceptors (Lipinski definition) is 2. The smallest absolute Gasteiger partial charge is 0 e. The van der Waals surface area contributed by atoms with Gasteiger partial charge in [-0.25, -0.2) is 0 Å². The van der Waals surface area contributed by atoms with Crippen LogP contribution in [0.4, 0.5) is 0 Å². The predicted octanol–water partition coefficient (Wildman–Crippen LogP) is 9.41. The number of nitrogens with zero attached hydrogens (tertiary/aromatic N) is 48. The topological polar surface area (TPSA) is 641 Å². The van der Waals surface area contributed by atoms with Gasteiger partial charge in [0.2, 0.25) is 0 Å². The van der Waals surface area contributed by atoms with Crippen molar-refractivity contribution in [3.05, 3.63) is 0 Å². The van der Waals surface area contributed by atoms with Crippen molar-refractivity contribution in [1.82, 2.24) is 0 Å². The van der Waals surface area contributed by atoms with E-state index in [1.165, 1.54) is 0 Å². The van der Waals surface area contributed by atoms with Gasteiger partial charge in [0.05, 0.1) is 0 Å². The lowest BCUT2D eigenvalue weighted by atomic mass is 12.3. The molecule has 0 aliphatic heterocycles. The highest BCUT2D eigenvalue weighted by Gasteiger charge is 1.75. The van der Waals surface area contributed by atoms with Gasteiger partial charge in [0.25, 0.3) is 0 Å². The third-order valence-electron chi connectivity index (χ3n) is 1.89. The molecule has 0 aromatic rings. The molecule has 50 heavy (non-hydrogen) atoms. The van der Waals surface area contributed by atoms with Gasteiger partial charge < -0.3 is 0 Å². The number of hydrogen-bond donors (Lipinski definition) is 2. The van der Waals surface area contributed by atoms with E-state index in [0.717, 1.165) is 0 Å². The van der Waals surface area contributed by atoms with E-state index in [0.29, 0.717) is 0 Å². The second kappa shape index (κ2) is 39.0. The number of nitrogens with one attached hydrogen (secondary N) is 2. The van der Waals surface area contributed by atoms with Crippen molar-refractivity contribution in [3.8, 4) is 0 Å². The first-order chi connectivity index (χ1) is 24.9. The van der Waals surface area contributed by atoms with Crippen LogP contribution in [-0.2, 0) is 0 Å². The van der Waals surface area contributed by atoms with Gasteiger partial charge in [-0.1, -0.05) is 0 Å². The van der Waals surface area contributed by atoms with E-state index in [2.05, 4.69) is 251 Å². The van der Waals surface area contributed by atoms with Gasteiger partial charge in [-0.05, 0) is 83.6 Å². The summed E-state index contributed by atoms with van der Waals surface area (Å²) in [5.41, 5.74) is 12.5. The molecule has 0 heterocycles. The van der Waals surface area contributed by atoms with E-state index in [-0.39, 0.29) is 0 Å². The average molecular weight is 702 g/mol. The molecule has 0 spiro atoms. The van der Waals surface area contributed by atoms with Crippen LogP contribution in [0.3, 0.4) is 0 Å². The molecule has 0 aliphatic rings. The summed E-state index contributed by atoms with van der Waals surface area (Å²) in [5.74, 6) is 0. The van der Waals surface area contributed by atoms with E-state index in [9.17, 15) is 0 Å². The SMILES string of the molecule is N=N/N=N/N=N/N=N/N=N/N=N/N=N/N=N/N=N/N=N/N=N/N=N/N=N/N=N/N=N/N=N/N=N/N=N/N=N/N=N/N=N/N=N/N=N/N=N/N=N. The minimum absolute atomic E-state index is 2.50. The highest BCUT2D eigenvalue weighted by molar-refractivity contribution is 4.17. The average Bonchev–Trinajstić information content (AvgIpc) is 3.13. The zero-order chi connectivity index (χ0) is 35.9. The van der Waals surface area contributed by atoms with Crippen molar-refractivity contribution in [1.29, 1.82) is 11.1 Å². The fourth-order valence-corrected chi connectivity index (χ4v) is 0.827. The molecule has 0 aromatic heterocycles. The van der Waals surface area contributed by atoms with Crippen molar-refractivity contribution in [3.63, 3.8) is 0 Å². The van der Waals surface area contributed by atoms with Crippen LogP contribution in [0.15, 0.2) is 251 Å². The second-order valence-electron chi connectivity index (χ2n) is 4.31. The van der Waals surface area contributed by atoms with Gasteiger partial charge in [0, 0.05) is 167 Å². The molecule has 0 unspecified atom stereocenters. The van der Waals surface area contributed by atoms with E-state index < -0.39 is 0 Å². The van der Waals surface area contributed by atoms with Gasteiger partial charge in [-0.15, -0.1) is 0 Å². The minimum atomic E-state index is 2.50. The molecule has 0 aromatic carbocycles. The Hall–Kier alpha value is -10.00. The Kier molecular flexibility index (Phi) is 31.2. The Morgan fingerprint density at radius 3 is 0.220 bits per heavy atom. The molecule has 0 bridgehead atoms. The summed E-state index contributed by atoms with van der Waals surface area (Å²) in [7, 11) is 0. The van der Waals surface area contributed by atoms with Crippen molar-refractivity contribution in [2.45, 2.75) is 0 Å². The number of rotatable bonds is 24. The van der Waals surface area contributed by atoms with Crippen LogP contribution in [0.25, 0.3) is 0 Å².